The molecule has 0 spiro atoms. The molecule has 4 heteroatoms. The quantitative estimate of drug-likeness (QED) is 0.786. The Morgan fingerprint density at radius 3 is 2.57 bits per heavy atom. The number of nitrogens with one attached hydrogen (secondary N) is 1. The van der Waals surface area contributed by atoms with Crippen molar-refractivity contribution in [1.82, 2.24) is 4.98 Å². The molecular formula is C17H13N3O. The minimum atomic E-state index is 0.423. The standard InChI is InChI=1S/C17H13N3O/c1-19-13-6-8-14(9-7-13)21-17-12(10-18)11-20-16-5-3-2-4-15(16)17/h2-9,11,19H,1H3. The normalized spacial score (nSPS) is 10.1. The van der Waals surface area contributed by atoms with E-state index in [0.29, 0.717) is 17.1 Å². The third-order valence-electron chi connectivity index (χ3n) is 3.21. The maximum atomic E-state index is 9.26. The highest BCUT2D eigenvalue weighted by molar-refractivity contribution is 5.87. The maximum absolute atomic E-state index is 9.26. The topological polar surface area (TPSA) is 57.9 Å². The first kappa shape index (κ1) is 12.9. The molecule has 21 heavy (non-hydrogen) atoms. The van der Waals surface area contributed by atoms with E-state index in [2.05, 4.69) is 16.4 Å². The lowest BCUT2D eigenvalue weighted by molar-refractivity contribution is 0.486. The summed E-state index contributed by atoms with van der Waals surface area (Å²) in [5, 5.41) is 13.1. The average Bonchev–Trinajstić information content (AvgIpc) is 2.56. The third-order valence-corrected chi connectivity index (χ3v) is 3.21. The Hall–Kier alpha value is -3.06. The third kappa shape index (κ3) is 2.49. The van der Waals surface area contributed by atoms with Crippen LogP contribution in [0.15, 0.2) is 54.7 Å². The summed E-state index contributed by atoms with van der Waals surface area (Å²) < 4.78 is 5.92. The fourth-order valence-corrected chi connectivity index (χ4v) is 2.11. The van der Waals surface area contributed by atoms with Gasteiger partial charge in [-0.05, 0) is 36.4 Å². The Morgan fingerprint density at radius 1 is 1.10 bits per heavy atom. The molecule has 4 nitrogen and oxygen atoms in total. The zero-order valence-electron chi connectivity index (χ0n) is 11.5. The van der Waals surface area contributed by atoms with E-state index >= 15 is 0 Å². The van der Waals surface area contributed by atoms with Gasteiger partial charge in [-0.1, -0.05) is 12.1 Å². The first-order valence-corrected chi connectivity index (χ1v) is 6.55. The smallest absolute Gasteiger partial charge is 0.156 e. The van der Waals surface area contributed by atoms with E-state index in [1.54, 1.807) is 6.20 Å². The van der Waals surface area contributed by atoms with Crippen molar-refractivity contribution in [2.75, 3.05) is 12.4 Å². The molecule has 0 radical (unpaired) electrons. The van der Waals surface area contributed by atoms with Crippen LogP contribution in [0.2, 0.25) is 0 Å². The summed E-state index contributed by atoms with van der Waals surface area (Å²) in [4.78, 5) is 4.27. The molecule has 0 bridgehead atoms. The number of pyridine rings is 1. The Morgan fingerprint density at radius 2 is 1.86 bits per heavy atom. The van der Waals surface area contributed by atoms with E-state index in [1.807, 2.05) is 55.6 Å². The lowest BCUT2D eigenvalue weighted by Crippen LogP contribution is -1.93. The molecular weight excluding hydrogens is 262 g/mol. The van der Waals surface area contributed by atoms with Crippen LogP contribution in [0.5, 0.6) is 11.5 Å². The van der Waals surface area contributed by atoms with Crippen molar-refractivity contribution >= 4 is 16.6 Å². The highest BCUT2D eigenvalue weighted by Gasteiger charge is 2.10. The van der Waals surface area contributed by atoms with E-state index < -0.39 is 0 Å². The summed E-state index contributed by atoms with van der Waals surface area (Å²) in [6, 6.07) is 17.3. The van der Waals surface area contributed by atoms with Gasteiger partial charge in [0.25, 0.3) is 0 Å². The molecule has 3 rings (SSSR count). The van der Waals surface area contributed by atoms with Crippen LogP contribution in [-0.4, -0.2) is 12.0 Å². The van der Waals surface area contributed by atoms with Gasteiger partial charge >= 0.3 is 0 Å². The van der Waals surface area contributed by atoms with Crippen molar-refractivity contribution in [3.63, 3.8) is 0 Å². The highest BCUT2D eigenvalue weighted by atomic mass is 16.5. The molecule has 102 valence electrons. The summed E-state index contributed by atoms with van der Waals surface area (Å²) in [5.41, 5.74) is 2.23. The predicted molar refractivity (Wildman–Crippen MR) is 82.5 cm³/mol. The lowest BCUT2D eigenvalue weighted by atomic mass is 10.1. The van der Waals surface area contributed by atoms with Crippen LogP contribution in [0.1, 0.15) is 5.56 Å². The first-order chi connectivity index (χ1) is 10.3. The van der Waals surface area contributed by atoms with E-state index in [1.165, 1.54) is 0 Å². The van der Waals surface area contributed by atoms with Crippen LogP contribution in [0.4, 0.5) is 5.69 Å². The first-order valence-electron chi connectivity index (χ1n) is 6.55. The Kier molecular flexibility index (Phi) is 3.40. The zero-order valence-corrected chi connectivity index (χ0v) is 11.5. The average molecular weight is 275 g/mol. The fourth-order valence-electron chi connectivity index (χ4n) is 2.11. The molecule has 1 aromatic heterocycles. The number of ether oxygens (including phenoxy) is 1. The van der Waals surface area contributed by atoms with Crippen molar-refractivity contribution in [2.45, 2.75) is 0 Å². The number of rotatable bonds is 3. The molecule has 0 unspecified atom stereocenters. The number of para-hydroxylation sites is 1. The van der Waals surface area contributed by atoms with Crippen molar-refractivity contribution in [3.05, 3.63) is 60.3 Å². The Balaban J connectivity index is 2.08. The van der Waals surface area contributed by atoms with Crippen molar-refractivity contribution in [3.8, 4) is 17.6 Å². The van der Waals surface area contributed by atoms with Gasteiger partial charge in [-0.2, -0.15) is 5.26 Å². The van der Waals surface area contributed by atoms with Gasteiger partial charge in [0.05, 0.1) is 5.52 Å². The van der Waals surface area contributed by atoms with E-state index in [4.69, 9.17) is 4.74 Å². The number of anilines is 1. The largest absolute Gasteiger partial charge is 0.455 e. The highest BCUT2D eigenvalue weighted by Crippen LogP contribution is 2.32. The van der Waals surface area contributed by atoms with Crippen molar-refractivity contribution < 1.29 is 4.74 Å². The molecule has 0 aliphatic carbocycles. The number of aromatic nitrogens is 1. The van der Waals surface area contributed by atoms with E-state index in [0.717, 1.165) is 16.6 Å². The van der Waals surface area contributed by atoms with Crippen LogP contribution < -0.4 is 10.1 Å². The number of hydrogen-bond acceptors (Lipinski definition) is 4. The SMILES string of the molecule is CNc1ccc(Oc2c(C#N)cnc3ccccc23)cc1. The van der Waals surface area contributed by atoms with Crippen LogP contribution >= 0.6 is 0 Å². The lowest BCUT2D eigenvalue weighted by Gasteiger charge is -2.10. The predicted octanol–water partition coefficient (Wildman–Crippen LogP) is 3.94. The number of nitriles is 1. The number of nitrogens with zero attached hydrogens (tertiary/aromatic N) is 2. The molecule has 0 atom stereocenters. The van der Waals surface area contributed by atoms with Crippen LogP contribution in [0.3, 0.4) is 0 Å². The van der Waals surface area contributed by atoms with Gasteiger partial charge in [-0.15, -0.1) is 0 Å². The maximum Gasteiger partial charge on any atom is 0.156 e. The summed E-state index contributed by atoms with van der Waals surface area (Å²) in [6.45, 7) is 0. The second-order valence-electron chi connectivity index (χ2n) is 4.51. The second-order valence-corrected chi connectivity index (χ2v) is 4.51. The molecule has 1 N–H and O–H groups in total. The zero-order chi connectivity index (χ0) is 14.7. The summed E-state index contributed by atoms with van der Waals surface area (Å²) >= 11 is 0. The molecule has 0 saturated heterocycles. The van der Waals surface area contributed by atoms with Gasteiger partial charge in [0, 0.05) is 24.3 Å². The number of fused-ring (bicyclic) bond motifs is 1. The molecule has 0 aliphatic heterocycles. The minimum Gasteiger partial charge on any atom is -0.455 e. The number of hydrogen-bond donors (Lipinski definition) is 1. The molecule has 0 aliphatic rings. The van der Waals surface area contributed by atoms with Crippen molar-refractivity contribution in [2.24, 2.45) is 0 Å². The van der Waals surface area contributed by atoms with Crippen LogP contribution in [0.25, 0.3) is 10.9 Å². The Bertz CT molecular complexity index is 820. The summed E-state index contributed by atoms with van der Waals surface area (Å²) in [5.74, 6) is 1.22. The van der Waals surface area contributed by atoms with E-state index in [9.17, 15) is 5.26 Å². The van der Waals surface area contributed by atoms with Crippen LogP contribution in [0, 0.1) is 11.3 Å². The van der Waals surface area contributed by atoms with Gasteiger partial charge in [0.15, 0.2) is 5.75 Å². The fraction of sp³-hybridized carbons (Fsp3) is 0.0588. The summed E-state index contributed by atoms with van der Waals surface area (Å²) in [6.07, 6.45) is 1.54. The summed E-state index contributed by atoms with van der Waals surface area (Å²) in [7, 11) is 1.86. The monoisotopic (exact) mass is 275 g/mol. The van der Waals surface area contributed by atoms with E-state index in [-0.39, 0.29) is 0 Å². The van der Waals surface area contributed by atoms with Gasteiger partial charge in [0.1, 0.15) is 17.4 Å². The van der Waals surface area contributed by atoms with Crippen LogP contribution in [-0.2, 0) is 0 Å². The van der Waals surface area contributed by atoms with Gasteiger partial charge in [0.2, 0.25) is 0 Å². The molecule has 0 fully saturated rings. The minimum absolute atomic E-state index is 0.423. The molecule has 0 saturated carbocycles. The van der Waals surface area contributed by atoms with Gasteiger partial charge < -0.3 is 10.1 Å². The molecule has 0 amide bonds. The second kappa shape index (κ2) is 5.51. The van der Waals surface area contributed by atoms with Gasteiger partial charge in [-0.3, -0.25) is 4.98 Å². The van der Waals surface area contributed by atoms with Gasteiger partial charge in [-0.25, -0.2) is 0 Å². The molecule has 1 heterocycles. The molecule has 3 aromatic rings. The van der Waals surface area contributed by atoms with Crippen molar-refractivity contribution in [1.29, 1.82) is 5.26 Å². The Labute approximate surface area is 122 Å². The molecule has 2 aromatic carbocycles. The number of benzene rings is 2.